The molecule has 0 aliphatic heterocycles. The van der Waals surface area contributed by atoms with Gasteiger partial charge >= 0.3 is 0 Å². The Balaban J connectivity index is 3.00. The lowest BCUT2D eigenvalue weighted by atomic mass is 10.2. The number of nitrogens with zero attached hydrogens (tertiary/aromatic N) is 1. The molecule has 0 bridgehead atoms. The third-order valence-electron chi connectivity index (χ3n) is 3.25. The van der Waals surface area contributed by atoms with E-state index in [0.29, 0.717) is 18.5 Å². The van der Waals surface area contributed by atoms with Crippen LogP contribution < -0.4 is 0 Å². The predicted molar refractivity (Wildman–Crippen MR) is 77.5 cm³/mol. The standard InChI is InChI=1S/C14H23NO3S/c1-4-10-15(19(17,18)12(3)5-2)11-13-8-6-7-9-14(13)16/h6-9,12,16H,4-5,10-11H2,1-3H3. The summed E-state index contributed by atoms with van der Waals surface area (Å²) in [5.74, 6) is 0.142. The number of sulfonamides is 1. The molecule has 0 saturated heterocycles. The predicted octanol–water partition coefficient (Wildman–Crippen LogP) is 2.73. The van der Waals surface area contributed by atoms with Crippen molar-refractivity contribution in [2.75, 3.05) is 6.54 Å². The van der Waals surface area contributed by atoms with E-state index < -0.39 is 15.3 Å². The Morgan fingerprint density at radius 3 is 2.42 bits per heavy atom. The summed E-state index contributed by atoms with van der Waals surface area (Å²) in [6, 6.07) is 6.86. The Hall–Kier alpha value is -1.07. The van der Waals surface area contributed by atoms with E-state index in [1.165, 1.54) is 4.31 Å². The lowest BCUT2D eigenvalue weighted by Crippen LogP contribution is -2.37. The lowest BCUT2D eigenvalue weighted by molar-refractivity contribution is 0.387. The van der Waals surface area contributed by atoms with Crippen LogP contribution in [0.25, 0.3) is 0 Å². The SMILES string of the molecule is CCCN(Cc1ccccc1O)S(=O)(=O)C(C)CC. The Kier molecular flexibility index (Phi) is 5.82. The minimum absolute atomic E-state index is 0.142. The fourth-order valence-corrected chi connectivity index (χ4v) is 3.53. The van der Waals surface area contributed by atoms with Crippen molar-refractivity contribution in [1.29, 1.82) is 0 Å². The van der Waals surface area contributed by atoms with E-state index in [4.69, 9.17) is 0 Å². The highest BCUT2D eigenvalue weighted by Crippen LogP contribution is 2.21. The number of hydrogen-bond donors (Lipinski definition) is 1. The summed E-state index contributed by atoms with van der Waals surface area (Å²) in [7, 11) is -3.31. The zero-order chi connectivity index (χ0) is 14.5. The molecule has 1 aromatic rings. The van der Waals surface area contributed by atoms with Crippen LogP contribution in [0.2, 0.25) is 0 Å². The fourth-order valence-electron chi connectivity index (χ4n) is 1.85. The number of para-hydroxylation sites is 1. The second-order valence-electron chi connectivity index (χ2n) is 4.73. The molecule has 0 aromatic heterocycles. The van der Waals surface area contributed by atoms with Crippen LogP contribution in [-0.2, 0) is 16.6 Å². The topological polar surface area (TPSA) is 57.6 Å². The van der Waals surface area contributed by atoms with Crippen LogP contribution in [0.3, 0.4) is 0 Å². The van der Waals surface area contributed by atoms with Gasteiger partial charge in [-0.3, -0.25) is 0 Å². The second kappa shape index (κ2) is 6.91. The molecule has 0 radical (unpaired) electrons. The molecule has 0 aliphatic rings. The molecule has 1 N–H and O–H groups in total. The molecule has 5 heteroatoms. The quantitative estimate of drug-likeness (QED) is 0.838. The minimum atomic E-state index is -3.31. The Labute approximate surface area is 116 Å². The fraction of sp³-hybridized carbons (Fsp3) is 0.571. The van der Waals surface area contributed by atoms with Crippen molar-refractivity contribution in [3.05, 3.63) is 29.8 Å². The van der Waals surface area contributed by atoms with Crippen LogP contribution in [0.5, 0.6) is 5.75 Å². The number of rotatable bonds is 7. The lowest BCUT2D eigenvalue weighted by Gasteiger charge is -2.25. The molecule has 108 valence electrons. The molecule has 1 rings (SSSR count). The third-order valence-corrected chi connectivity index (χ3v) is 5.64. The highest BCUT2D eigenvalue weighted by atomic mass is 32.2. The van der Waals surface area contributed by atoms with E-state index in [0.717, 1.165) is 6.42 Å². The van der Waals surface area contributed by atoms with Crippen molar-refractivity contribution in [3.8, 4) is 5.75 Å². The van der Waals surface area contributed by atoms with Gasteiger partial charge in [0, 0.05) is 18.7 Å². The van der Waals surface area contributed by atoms with Gasteiger partial charge in [-0.25, -0.2) is 8.42 Å². The number of aromatic hydroxyl groups is 1. The minimum Gasteiger partial charge on any atom is -0.508 e. The smallest absolute Gasteiger partial charge is 0.217 e. The zero-order valence-electron chi connectivity index (χ0n) is 11.8. The molecular weight excluding hydrogens is 262 g/mol. The van der Waals surface area contributed by atoms with Crippen LogP contribution in [0, 0.1) is 0 Å². The average molecular weight is 285 g/mol. The van der Waals surface area contributed by atoms with E-state index >= 15 is 0 Å². The van der Waals surface area contributed by atoms with Crippen LogP contribution in [0.4, 0.5) is 0 Å². The van der Waals surface area contributed by atoms with E-state index in [2.05, 4.69) is 0 Å². The molecular formula is C14H23NO3S. The molecule has 1 atom stereocenters. The van der Waals surface area contributed by atoms with Gasteiger partial charge < -0.3 is 5.11 Å². The second-order valence-corrected chi connectivity index (χ2v) is 7.08. The summed E-state index contributed by atoms with van der Waals surface area (Å²) in [6.45, 7) is 6.24. The van der Waals surface area contributed by atoms with Gasteiger partial charge in [0.25, 0.3) is 0 Å². The van der Waals surface area contributed by atoms with Gasteiger partial charge in [-0.1, -0.05) is 32.0 Å². The largest absolute Gasteiger partial charge is 0.508 e. The summed E-state index contributed by atoms with van der Waals surface area (Å²) >= 11 is 0. The summed E-state index contributed by atoms with van der Waals surface area (Å²) in [6.07, 6.45) is 1.34. The molecule has 0 fully saturated rings. The first kappa shape index (κ1) is 16.0. The summed E-state index contributed by atoms with van der Waals surface area (Å²) in [4.78, 5) is 0. The van der Waals surface area contributed by atoms with Gasteiger partial charge in [-0.2, -0.15) is 4.31 Å². The summed E-state index contributed by atoms with van der Waals surface area (Å²) in [5.41, 5.74) is 0.642. The van der Waals surface area contributed by atoms with E-state index in [1.807, 2.05) is 13.8 Å². The number of hydrogen-bond acceptors (Lipinski definition) is 3. The average Bonchev–Trinajstić information content (AvgIpc) is 2.39. The first-order valence-corrected chi connectivity index (χ1v) is 8.19. The van der Waals surface area contributed by atoms with Crippen LogP contribution in [0.15, 0.2) is 24.3 Å². The van der Waals surface area contributed by atoms with E-state index in [-0.39, 0.29) is 12.3 Å². The molecule has 0 spiro atoms. The molecule has 1 unspecified atom stereocenters. The first-order valence-electron chi connectivity index (χ1n) is 6.69. The molecule has 4 nitrogen and oxygen atoms in total. The number of phenolic OH excluding ortho intramolecular Hbond substituents is 1. The molecule has 0 aliphatic carbocycles. The van der Waals surface area contributed by atoms with Gasteiger partial charge in [-0.05, 0) is 25.8 Å². The highest BCUT2D eigenvalue weighted by Gasteiger charge is 2.27. The Bertz CT molecular complexity index is 499. The van der Waals surface area contributed by atoms with Gasteiger partial charge in [-0.15, -0.1) is 0 Å². The van der Waals surface area contributed by atoms with Crippen molar-refractivity contribution in [3.63, 3.8) is 0 Å². The van der Waals surface area contributed by atoms with Crippen molar-refractivity contribution in [1.82, 2.24) is 4.31 Å². The van der Waals surface area contributed by atoms with Crippen LogP contribution in [0.1, 0.15) is 39.2 Å². The summed E-state index contributed by atoms with van der Waals surface area (Å²) < 4.78 is 26.3. The zero-order valence-corrected chi connectivity index (χ0v) is 12.7. The van der Waals surface area contributed by atoms with Crippen molar-refractivity contribution >= 4 is 10.0 Å². The monoisotopic (exact) mass is 285 g/mol. The molecule has 1 aromatic carbocycles. The van der Waals surface area contributed by atoms with Crippen molar-refractivity contribution < 1.29 is 13.5 Å². The highest BCUT2D eigenvalue weighted by molar-refractivity contribution is 7.89. The third kappa shape index (κ3) is 3.94. The Morgan fingerprint density at radius 2 is 1.89 bits per heavy atom. The maximum absolute atomic E-state index is 12.4. The number of benzene rings is 1. The molecule has 0 amide bonds. The number of phenols is 1. The molecule has 0 heterocycles. The first-order chi connectivity index (χ1) is 8.93. The van der Waals surface area contributed by atoms with Crippen molar-refractivity contribution in [2.24, 2.45) is 0 Å². The van der Waals surface area contributed by atoms with Crippen molar-refractivity contribution in [2.45, 2.75) is 45.4 Å². The van der Waals surface area contributed by atoms with Gasteiger partial charge in [0.1, 0.15) is 5.75 Å². The maximum Gasteiger partial charge on any atom is 0.217 e. The van der Waals surface area contributed by atoms with Crippen LogP contribution >= 0.6 is 0 Å². The van der Waals surface area contributed by atoms with Crippen LogP contribution in [-0.4, -0.2) is 29.6 Å². The maximum atomic E-state index is 12.4. The van der Waals surface area contributed by atoms with Gasteiger partial charge in [0.05, 0.1) is 5.25 Å². The molecule has 19 heavy (non-hydrogen) atoms. The van der Waals surface area contributed by atoms with E-state index in [1.54, 1.807) is 31.2 Å². The van der Waals surface area contributed by atoms with E-state index in [9.17, 15) is 13.5 Å². The normalized spacial score (nSPS) is 13.7. The van der Waals surface area contributed by atoms with Gasteiger partial charge in [0.15, 0.2) is 0 Å². The molecule has 0 saturated carbocycles. The van der Waals surface area contributed by atoms with Gasteiger partial charge in [0.2, 0.25) is 10.0 Å². The summed E-state index contributed by atoms with van der Waals surface area (Å²) in [5, 5.41) is 9.37. The Morgan fingerprint density at radius 1 is 1.26 bits per heavy atom.